The van der Waals surface area contributed by atoms with Crippen LogP contribution < -0.4 is 16.2 Å². The third-order valence-electron chi connectivity index (χ3n) is 2.65. The van der Waals surface area contributed by atoms with Gasteiger partial charge in [-0.2, -0.15) is 0 Å². The summed E-state index contributed by atoms with van der Waals surface area (Å²) in [4.78, 5) is 11.1. The number of primary amides is 1. The molecule has 2 rings (SSSR count). The summed E-state index contributed by atoms with van der Waals surface area (Å²) >= 11 is 0. The number of hydrogen-bond donors (Lipinski definition) is 3. The second-order valence-electron chi connectivity index (χ2n) is 4.04. The predicted molar refractivity (Wildman–Crippen MR) is 71.8 cm³/mol. The Morgan fingerprint density at radius 2 is 1.95 bits per heavy atom. The Balaban J connectivity index is 2.12. The normalized spacial score (nSPS) is 10.1. The molecule has 0 bridgehead atoms. The summed E-state index contributed by atoms with van der Waals surface area (Å²) in [7, 11) is 0. The number of hydrogen-bond acceptors (Lipinski definition) is 4. The fraction of sp³-hybridized carbons (Fsp3) is 0.0714. The predicted octanol–water partition coefficient (Wildman–Crippen LogP) is 1.65. The third kappa shape index (κ3) is 2.95. The van der Waals surface area contributed by atoms with Gasteiger partial charge in [0.2, 0.25) is 5.91 Å². The van der Waals surface area contributed by atoms with Crippen molar-refractivity contribution in [3.63, 3.8) is 0 Å². The molecular formula is C14H14N2O3. The zero-order chi connectivity index (χ0) is 13.8. The molecule has 5 N–H and O–H groups in total. The molecule has 5 nitrogen and oxygen atoms in total. The topological polar surface area (TPSA) is 98.6 Å². The summed E-state index contributed by atoms with van der Waals surface area (Å²) in [5.74, 6) is -0.119. The van der Waals surface area contributed by atoms with Gasteiger partial charge in [-0.1, -0.05) is 18.2 Å². The van der Waals surface area contributed by atoms with E-state index in [0.717, 1.165) is 5.56 Å². The Kier molecular flexibility index (Phi) is 3.56. The number of anilines is 1. The van der Waals surface area contributed by atoms with Crippen molar-refractivity contribution in [3.8, 4) is 11.5 Å². The number of phenolic OH excluding ortho intramolecular Hbond substituents is 1. The monoisotopic (exact) mass is 258 g/mol. The molecule has 0 spiro atoms. The molecular weight excluding hydrogens is 244 g/mol. The second kappa shape index (κ2) is 5.30. The first-order valence-corrected chi connectivity index (χ1v) is 5.67. The zero-order valence-corrected chi connectivity index (χ0v) is 10.2. The summed E-state index contributed by atoms with van der Waals surface area (Å²) in [6.07, 6.45) is 0. The molecule has 0 saturated carbocycles. The molecule has 0 aliphatic carbocycles. The van der Waals surface area contributed by atoms with Crippen molar-refractivity contribution >= 4 is 11.6 Å². The first-order valence-electron chi connectivity index (χ1n) is 5.67. The fourth-order valence-electron chi connectivity index (χ4n) is 1.63. The van der Waals surface area contributed by atoms with Crippen molar-refractivity contribution in [2.45, 2.75) is 6.61 Å². The van der Waals surface area contributed by atoms with Crippen molar-refractivity contribution in [1.29, 1.82) is 0 Å². The molecule has 0 atom stereocenters. The van der Waals surface area contributed by atoms with Crippen molar-refractivity contribution in [1.82, 2.24) is 0 Å². The maximum Gasteiger partial charge on any atom is 0.248 e. The number of carbonyl (C=O) groups excluding carboxylic acids is 1. The van der Waals surface area contributed by atoms with E-state index in [1.54, 1.807) is 30.3 Å². The molecule has 0 saturated heterocycles. The number of nitrogen functional groups attached to an aromatic ring is 1. The first-order chi connectivity index (χ1) is 9.08. The van der Waals surface area contributed by atoms with Crippen LogP contribution in [-0.4, -0.2) is 11.0 Å². The summed E-state index contributed by atoms with van der Waals surface area (Å²) in [6.45, 7) is 0.231. The average Bonchev–Trinajstić information content (AvgIpc) is 2.41. The van der Waals surface area contributed by atoms with Crippen LogP contribution in [0.4, 0.5) is 5.69 Å². The molecule has 2 aromatic rings. The zero-order valence-electron chi connectivity index (χ0n) is 10.2. The van der Waals surface area contributed by atoms with Gasteiger partial charge in [0, 0.05) is 5.56 Å². The van der Waals surface area contributed by atoms with Gasteiger partial charge in [-0.15, -0.1) is 0 Å². The highest BCUT2D eigenvalue weighted by Crippen LogP contribution is 2.30. The lowest BCUT2D eigenvalue weighted by Crippen LogP contribution is -2.11. The smallest absolute Gasteiger partial charge is 0.248 e. The van der Waals surface area contributed by atoms with Gasteiger partial charge in [0.1, 0.15) is 23.8 Å². The summed E-state index contributed by atoms with van der Waals surface area (Å²) in [5, 5.41) is 9.45. The number of rotatable bonds is 4. The Labute approximate surface area is 110 Å². The minimum Gasteiger partial charge on any atom is -0.506 e. The number of amides is 1. The van der Waals surface area contributed by atoms with E-state index < -0.39 is 5.91 Å². The maximum atomic E-state index is 11.1. The number of phenols is 1. The SMILES string of the molecule is NC(=O)c1cccc(COc2cccc(O)c2N)c1. The lowest BCUT2D eigenvalue weighted by atomic mass is 10.1. The second-order valence-corrected chi connectivity index (χ2v) is 4.04. The van der Waals surface area contributed by atoms with Crippen molar-refractivity contribution in [2.24, 2.45) is 5.73 Å². The van der Waals surface area contributed by atoms with Gasteiger partial charge in [-0.3, -0.25) is 4.79 Å². The molecule has 0 heterocycles. The highest BCUT2D eigenvalue weighted by atomic mass is 16.5. The van der Waals surface area contributed by atoms with Crippen LogP contribution in [0.3, 0.4) is 0 Å². The van der Waals surface area contributed by atoms with E-state index in [1.807, 2.05) is 6.07 Å². The van der Waals surface area contributed by atoms with Crippen molar-refractivity contribution < 1.29 is 14.6 Å². The summed E-state index contributed by atoms with van der Waals surface area (Å²) in [5.41, 5.74) is 12.3. The van der Waals surface area contributed by atoms with E-state index in [0.29, 0.717) is 11.3 Å². The molecule has 19 heavy (non-hydrogen) atoms. The molecule has 0 aliphatic heterocycles. The first kappa shape index (κ1) is 12.8. The maximum absolute atomic E-state index is 11.1. The molecule has 0 radical (unpaired) electrons. The largest absolute Gasteiger partial charge is 0.506 e. The van der Waals surface area contributed by atoms with Crippen LogP contribution in [0.15, 0.2) is 42.5 Å². The minimum atomic E-state index is -0.487. The highest BCUT2D eigenvalue weighted by molar-refractivity contribution is 5.92. The van der Waals surface area contributed by atoms with Crippen LogP contribution in [0.1, 0.15) is 15.9 Å². The summed E-state index contributed by atoms with van der Waals surface area (Å²) < 4.78 is 5.50. The van der Waals surface area contributed by atoms with Crippen molar-refractivity contribution in [2.75, 3.05) is 5.73 Å². The van der Waals surface area contributed by atoms with E-state index in [1.165, 1.54) is 6.07 Å². The van der Waals surface area contributed by atoms with E-state index in [-0.39, 0.29) is 18.0 Å². The van der Waals surface area contributed by atoms with E-state index >= 15 is 0 Å². The highest BCUT2D eigenvalue weighted by Gasteiger charge is 2.06. The van der Waals surface area contributed by atoms with Crippen LogP contribution in [0.25, 0.3) is 0 Å². The van der Waals surface area contributed by atoms with Crippen LogP contribution in [0.5, 0.6) is 11.5 Å². The minimum absolute atomic E-state index is 0.0246. The molecule has 0 unspecified atom stereocenters. The molecule has 0 aromatic heterocycles. The van der Waals surface area contributed by atoms with Crippen LogP contribution in [0.2, 0.25) is 0 Å². The van der Waals surface area contributed by atoms with Gasteiger partial charge < -0.3 is 21.3 Å². The van der Waals surface area contributed by atoms with E-state index in [2.05, 4.69) is 0 Å². The number of benzene rings is 2. The van der Waals surface area contributed by atoms with E-state index in [9.17, 15) is 9.90 Å². The standard InChI is InChI=1S/C14H14N2O3/c15-13-11(17)5-2-6-12(13)19-8-9-3-1-4-10(7-9)14(16)18/h1-7,17H,8,15H2,(H2,16,18). The number of nitrogens with two attached hydrogens (primary N) is 2. The Morgan fingerprint density at radius 3 is 2.68 bits per heavy atom. The molecule has 1 amide bonds. The quantitative estimate of drug-likeness (QED) is 0.573. The van der Waals surface area contributed by atoms with Crippen LogP contribution >= 0.6 is 0 Å². The number of aromatic hydroxyl groups is 1. The van der Waals surface area contributed by atoms with Gasteiger partial charge >= 0.3 is 0 Å². The Bertz CT molecular complexity index is 611. The Morgan fingerprint density at radius 1 is 1.21 bits per heavy atom. The van der Waals surface area contributed by atoms with Gasteiger partial charge in [0.15, 0.2) is 0 Å². The fourth-order valence-corrected chi connectivity index (χ4v) is 1.63. The van der Waals surface area contributed by atoms with Gasteiger partial charge in [-0.25, -0.2) is 0 Å². The Hall–Kier alpha value is -2.69. The van der Waals surface area contributed by atoms with Crippen LogP contribution in [0, 0.1) is 0 Å². The molecule has 0 aliphatic rings. The van der Waals surface area contributed by atoms with Crippen molar-refractivity contribution in [3.05, 3.63) is 53.6 Å². The molecule has 5 heteroatoms. The molecule has 0 fully saturated rings. The molecule has 2 aromatic carbocycles. The molecule has 98 valence electrons. The number of ether oxygens (including phenoxy) is 1. The van der Waals surface area contributed by atoms with Gasteiger partial charge in [0.25, 0.3) is 0 Å². The average molecular weight is 258 g/mol. The van der Waals surface area contributed by atoms with Gasteiger partial charge in [0.05, 0.1) is 0 Å². The third-order valence-corrected chi connectivity index (χ3v) is 2.65. The number of carbonyl (C=O) groups is 1. The lowest BCUT2D eigenvalue weighted by molar-refractivity contribution is 0.1000. The lowest BCUT2D eigenvalue weighted by Gasteiger charge is -2.10. The van der Waals surface area contributed by atoms with E-state index in [4.69, 9.17) is 16.2 Å². The summed E-state index contributed by atoms with van der Waals surface area (Å²) in [6, 6.07) is 11.6. The van der Waals surface area contributed by atoms with Crippen LogP contribution in [-0.2, 0) is 6.61 Å². The number of para-hydroxylation sites is 1. The van der Waals surface area contributed by atoms with Gasteiger partial charge in [-0.05, 0) is 29.8 Å².